The first-order chi connectivity index (χ1) is 25.1. The minimum atomic E-state index is -0.210. The summed E-state index contributed by atoms with van der Waals surface area (Å²) < 4.78 is 6.84. The largest absolute Gasteiger partial charge is 0.455 e. The van der Waals surface area contributed by atoms with Crippen LogP contribution in [0, 0.1) is 0 Å². The van der Waals surface area contributed by atoms with Gasteiger partial charge in [0, 0.05) is 38.8 Å². The van der Waals surface area contributed by atoms with Crippen LogP contribution in [0.15, 0.2) is 168 Å². The van der Waals surface area contributed by atoms with Crippen LogP contribution in [0.25, 0.3) is 60.5 Å². The Morgan fingerprint density at radius 3 is 2.10 bits per heavy atom. The van der Waals surface area contributed by atoms with Gasteiger partial charge in [0.1, 0.15) is 11.2 Å². The molecule has 244 valence electrons. The maximum Gasteiger partial charge on any atom is 0.144 e. The van der Waals surface area contributed by atoms with Crippen molar-refractivity contribution in [3.05, 3.63) is 181 Å². The summed E-state index contributed by atoms with van der Waals surface area (Å²) in [6, 6.07) is 53.1. The Hall–Kier alpha value is -6.12. The summed E-state index contributed by atoms with van der Waals surface area (Å²) in [6.07, 6.45) is 8.84. The molecule has 51 heavy (non-hydrogen) atoms. The third-order valence-corrected chi connectivity index (χ3v) is 11.1. The van der Waals surface area contributed by atoms with Crippen LogP contribution in [0.3, 0.4) is 0 Å². The van der Waals surface area contributed by atoms with Gasteiger partial charge in [0.25, 0.3) is 0 Å². The molecule has 0 atom stereocenters. The first-order valence-electron chi connectivity index (χ1n) is 18.0. The third kappa shape index (κ3) is 4.63. The van der Waals surface area contributed by atoms with Gasteiger partial charge in [-0.25, -0.2) is 0 Å². The molecule has 0 aliphatic heterocycles. The van der Waals surface area contributed by atoms with Crippen molar-refractivity contribution >= 4 is 55.3 Å². The summed E-state index contributed by atoms with van der Waals surface area (Å²) in [7, 11) is 0. The van der Waals surface area contributed by atoms with Crippen LogP contribution >= 0.6 is 0 Å². The zero-order valence-corrected chi connectivity index (χ0v) is 28.9. The lowest BCUT2D eigenvalue weighted by Crippen LogP contribution is -2.16. The maximum atomic E-state index is 6.84. The van der Waals surface area contributed by atoms with Gasteiger partial charge < -0.3 is 9.32 Å². The molecule has 0 N–H and O–H groups in total. The van der Waals surface area contributed by atoms with Gasteiger partial charge in [0.05, 0.1) is 0 Å². The average molecular weight is 656 g/mol. The highest BCUT2D eigenvalue weighted by molar-refractivity contribution is 6.25. The predicted molar refractivity (Wildman–Crippen MR) is 215 cm³/mol. The van der Waals surface area contributed by atoms with Crippen LogP contribution in [0.5, 0.6) is 0 Å². The summed E-state index contributed by atoms with van der Waals surface area (Å²) in [5.74, 6) is 0. The SMILES string of the molecule is CC1(C)c2ccc(N(c3ccc(C4=CC=CCC4)cc3)c3cccc(-c4ccccc4)c3)cc2-c2c1c1ccccc1c1c2oc2ccccc21. The second-order valence-electron chi connectivity index (χ2n) is 14.4. The molecule has 0 unspecified atom stereocenters. The molecule has 0 fully saturated rings. The summed E-state index contributed by atoms with van der Waals surface area (Å²) in [5.41, 5.74) is 15.2. The fraction of sp³-hybridized carbons (Fsp3) is 0.102. The Balaban J connectivity index is 1.21. The van der Waals surface area contributed by atoms with Crippen molar-refractivity contribution in [1.82, 2.24) is 0 Å². The van der Waals surface area contributed by atoms with E-state index >= 15 is 0 Å². The lowest BCUT2D eigenvalue weighted by molar-refractivity contribution is 0.657. The normalized spacial score (nSPS) is 14.5. The quantitative estimate of drug-likeness (QED) is 0.183. The molecule has 1 aromatic heterocycles. The van der Waals surface area contributed by atoms with Gasteiger partial charge in [-0.15, -0.1) is 0 Å². The van der Waals surface area contributed by atoms with Crippen molar-refractivity contribution in [2.24, 2.45) is 0 Å². The number of furan rings is 1. The molecule has 2 aliphatic carbocycles. The smallest absolute Gasteiger partial charge is 0.144 e. The number of hydrogen-bond donors (Lipinski definition) is 0. The van der Waals surface area contributed by atoms with Crippen molar-refractivity contribution in [3.8, 4) is 22.3 Å². The van der Waals surface area contributed by atoms with E-state index in [0.717, 1.165) is 46.5 Å². The molecule has 0 bridgehead atoms. The molecule has 2 heteroatoms. The van der Waals surface area contributed by atoms with E-state index in [-0.39, 0.29) is 5.41 Å². The maximum absolute atomic E-state index is 6.84. The minimum absolute atomic E-state index is 0.210. The van der Waals surface area contributed by atoms with E-state index in [9.17, 15) is 0 Å². The second-order valence-corrected chi connectivity index (χ2v) is 14.4. The first kappa shape index (κ1) is 29.8. The molecule has 0 spiro atoms. The summed E-state index contributed by atoms with van der Waals surface area (Å²) in [5, 5.41) is 4.91. The monoisotopic (exact) mass is 655 g/mol. The molecule has 0 radical (unpaired) electrons. The van der Waals surface area contributed by atoms with Crippen LogP contribution in [0.1, 0.15) is 43.4 Å². The van der Waals surface area contributed by atoms with E-state index in [1.807, 2.05) is 0 Å². The van der Waals surface area contributed by atoms with Crippen LogP contribution in [-0.4, -0.2) is 0 Å². The van der Waals surface area contributed by atoms with Crippen molar-refractivity contribution in [1.29, 1.82) is 0 Å². The molecule has 1 heterocycles. The van der Waals surface area contributed by atoms with Crippen LogP contribution in [0.2, 0.25) is 0 Å². The molecule has 10 rings (SSSR count). The summed E-state index contributed by atoms with van der Waals surface area (Å²) in [6.45, 7) is 4.74. The molecule has 2 nitrogen and oxygen atoms in total. The van der Waals surface area contributed by atoms with Crippen LogP contribution in [-0.2, 0) is 5.41 Å². The van der Waals surface area contributed by atoms with E-state index in [1.165, 1.54) is 60.7 Å². The Morgan fingerprint density at radius 2 is 1.29 bits per heavy atom. The minimum Gasteiger partial charge on any atom is -0.455 e. The van der Waals surface area contributed by atoms with Crippen molar-refractivity contribution in [3.63, 3.8) is 0 Å². The Morgan fingerprint density at radius 1 is 0.588 bits per heavy atom. The number of anilines is 3. The Kier molecular flexibility index (Phi) is 6.69. The van der Waals surface area contributed by atoms with Gasteiger partial charge >= 0.3 is 0 Å². The fourth-order valence-electron chi connectivity index (χ4n) is 8.69. The van der Waals surface area contributed by atoms with E-state index in [0.29, 0.717) is 0 Å². The molecule has 0 saturated heterocycles. The zero-order valence-electron chi connectivity index (χ0n) is 28.9. The Labute approximate surface area is 298 Å². The predicted octanol–water partition coefficient (Wildman–Crippen LogP) is 13.9. The average Bonchev–Trinajstić information content (AvgIpc) is 3.69. The number of nitrogens with zero attached hydrogens (tertiary/aromatic N) is 1. The number of allylic oxidation sites excluding steroid dienone is 4. The van der Waals surface area contributed by atoms with Crippen molar-refractivity contribution in [2.45, 2.75) is 32.1 Å². The zero-order chi connectivity index (χ0) is 34.1. The van der Waals surface area contributed by atoms with Gasteiger partial charge in [0.2, 0.25) is 0 Å². The van der Waals surface area contributed by atoms with Crippen molar-refractivity contribution < 1.29 is 4.42 Å². The van der Waals surface area contributed by atoms with Gasteiger partial charge in [-0.05, 0) is 105 Å². The number of rotatable bonds is 5. The molecule has 0 saturated carbocycles. The summed E-state index contributed by atoms with van der Waals surface area (Å²) >= 11 is 0. The van der Waals surface area contributed by atoms with Gasteiger partial charge in [-0.1, -0.05) is 135 Å². The topological polar surface area (TPSA) is 16.4 Å². The highest BCUT2D eigenvalue weighted by Crippen LogP contribution is 2.57. The number of hydrogen-bond acceptors (Lipinski definition) is 2. The van der Waals surface area contributed by atoms with Crippen molar-refractivity contribution in [2.75, 3.05) is 4.90 Å². The molecular weight excluding hydrogens is 619 g/mol. The molecule has 7 aromatic carbocycles. The molecule has 2 aliphatic rings. The highest BCUT2D eigenvalue weighted by atomic mass is 16.3. The van der Waals surface area contributed by atoms with E-state index in [1.54, 1.807) is 0 Å². The Bertz CT molecular complexity index is 2710. The number of fused-ring (bicyclic) bond motifs is 10. The highest BCUT2D eigenvalue weighted by Gasteiger charge is 2.40. The number of para-hydroxylation sites is 1. The third-order valence-electron chi connectivity index (χ3n) is 11.1. The number of benzene rings is 7. The molecular formula is C49H37NO. The van der Waals surface area contributed by atoms with E-state index < -0.39 is 0 Å². The van der Waals surface area contributed by atoms with Crippen LogP contribution < -0.4 is 4.90 Å². The van der Waals surface area contributed by atoms with Crippen LogP contribution in [0.4, 0.5) is 17.1 Å². The van der Waals surface area contributed by atoms with Gasteiger partial charge in [-0.3, -0.25) is 0 Å². The van der Waals surface area contributed by atoms with Gasteiger partial charge in [0.15, 0.2) is 0 Å². The first-order valence-corrected chi connectivity index (χ1v) is 18.0. The lowest BCUT2D eigenvalue weighted by atomic mass is 9.79. The van der Waals surface area contributed by atoms with E-state index in [4.69, 9.17) is 4.42 Å². The summed E-state index contributed by atoms with van der Waals surface area (Å²) in [4.78, 5) is 2.41. The van der Waals surface area contributed by atoms with Gasteiger partial charge in [-0.2, -0.15) is 0 Å². The second kappa shape index (κ2) is 11.5. The standard InChI is InChI=1S/C49H37NO/c1-49(2)43-29-28-38(31-42(43)46-47(49)40-21-10-9-20-39(40)45-41-22-11-12-23-44(41)51-48(45)46)50(36-26-24-34(25-27-36)32-14-5-3-6-15-32)37-19-13-18-35(30-37)33-16-7-4-8-17-33/h3-5,7-14,16-31H,6,15H2,1-2H3. The lowest BCUT2D eigenvalue weighted by Gasteiger charge is -2.28. The molecule has 0 amide bonds. The molecule has 8 aromatic rings. The fourth-order valence-corrected chi connectivity index (χ4v) is 8.69. The van der Waals surface area contributed by atoms with E-state index in [2.05, 4.69) is 183 Å².